The molecule has 0 bridgehead atoms. The Hall–Kier alpha value is -5.01. The number of aliphatic imine (C=N–C) groups is 1. The van der Waals surface area contributed by atoms with Crippen LogP contribution in [0.25, 0.3) is 10.9 Å². The first kappa shape index (κ1) is 27.2. The van der Waals surface area contributed by atoms with Crippen molar-refractivity contribution in [2.75, 3.05) is 18.4 Å². The van der Waals surface area contributed by atoms with Crippen LogP contribution in [0.15, 0.2) is 96.0 Å². The van der Waals surface area contributed by atoms with Gasteiger partial charge in [0.25, 0.3) is 5.91 Å². The number of fused-ring (bicyclic) bond motifs is 1. The molecule has 5 aromatic rings. The largest absolute Gasteiger partial charge is 0.494 e. The highest BCUT2D eigenvalue weighted by atomic mass is 16.3. The van der Waals surface area contributed by atoms with E-state index in [-0.39, 0.29) is 17.6 Å². The average molecular weight is 557 g/mol. The molecule has 0 unspecified atom stereocenters. The molecule has 1 saturated heterocycles. The van der Waals surface area contributed by atoms with Gasteiger partial charge in [0.2, 0.25) is 0 Å². The smallest absolute Gasteiger partial charge is 0.255 e. The lowest BCUT2D eigenvalue weighted by atomic mass is 10.0. The Morgan fingerprint density at radius 3 is 2.48 bits per heavy atom. The Balaban J connectivity index is 1.17. The molecule has 0 spiro atoms. The first-order chi connectivity index (χ1) is 20.4. The maximum absolute atomic E-state index is 13.4. The fourth-order valence-electron chi connectivity index (χ4n) is 5.43. The summed E-state index contributed by atoms with van der Waals surface area (Å²) in [4.78, 5) is 36.1. The molecule has 0 radical (unpaired) electrons. The molecule has 4 aromatic carbocycles. The van der Waals surface area contributed by atoms with Crippen LogP contribution in [-0.2, 0) is 6.54 Å². The average Bonchev–Trinajstić information content (AvgIpc) is 3.63. The number of amides is 1. The lowest BCUT2D eigenvalue weighted by molar-refractivity contribution is 0.102. The summed E-state index contributed by atoms with van der Waals surface area (Å²) in [5.41, 5.74) is 6.16. The zero-order valence-electron chi connectivity index (χ0n) is 23.4. The molecule has 1 aliphatic heterocycles. The summed E-state index contributed by atoms with van der Waals surface area (Å²) in [5, 5.41) is 14.3. The Labute approximate surface area is 244 Å². The minimum absolute atomic E-state index is 0.00934. The van der Waals surface area contributed by atoms with Crippen LogP contribution < -0.4 is 5.32 Å². The van der Waals surface area contributed by atoms with Gasteiger partial charge in [-0.15, -0.1) is 0 Å². The summed E-state index contributed by atoms with van der Waals surface area (Å²) < 4.78 is 0. The van der Waals surface area contributed by atoms with Gasteiger partial charge in [-0.1, -0.05) is 54.6 Å². The Bertz CT molecular complexity index is 1800. The molecule has 1 aromatic heterocycles. The monoisotopic (exact) mass is 556 g/mol. The van der Waals surface area contributed by atoms with E-state index < -0.39 is 0 Å². The number of nitrogens with zero attached hydrogens (tertiary/aromatic N) is 2. The number of hydrogen-bond acceptors (Lipinski definition) is 5. The van der Waals surface area contributed by atoms with Gasteiger partial charge in [-0.05, 0) is 80.4 Å². The number of aryl methyl sites for hydroxylation is 1. The van der Waals surface area contributed by atoms with Crippen molar-refractivity contribution in [1.82, 2.24) is 9.88 Å². The van der Waals surface area contributed by atoms with Crippen LogP contribution in [0.2, 0.25) is 0 Å². The molecular formula is C35H32N4O3. The highest BCUT2D eigenvalue weighted by molar-refractivity contribution is 6.13. The number of hydrogen-bond donors (Lipinski definition) is 3. The summed E-state index contributed by atoms with van der Waals surface area (Å²) in [5.74, 6) is -0.430. The molecule has 1 fully saturated rings. The van der Waals surface area contributed by atoms with Crippen molar-refractivity contribution in [2.24, 2.45) is 4.99 Å². The number of carbonyl (C=O) groups is 2. The molecule has 1 aliphatic rings. The standard InChI is InChI=1S/C35H32N4O3/c1-23-7-2-3-10-29(23)34(41)37-28-9-6-8-25(19-28)33(40)26-13-16-30-31(35(42)38-32(30)20-26)21-36-27-14-11-24(12-15-27)22-39-17-4-5-18-39/h2-3,6-16,19-21,38,42H,4-5,17-18,22H2,1H3,(H,37,41). The van der Waals surface area contributed by atoms with Crippen LogP contribution in [0.3, 0.4) is 0 Å². The number of nitrogens with one attached hydrogen (secondary N) is 2. The number of H-pyrrole nitrogens is 1. The third kappa shape index (κ3) is 5.87. The van der Waals surface area contributed by atoms with Crippen LogP contribution in [-0.4, -0.2) is 46.0 Å². The normalized spacial score (nSPS) is 13.6. The van der Waals surface area contributed by atoms with Gasteiger partial charge in [0, 0.05) is 46.0 Å². The number of benzene rings is 4. The van der Waals surface area contributed by atoms with Gasteiger partial charge >= 0.3 is 0 Å². The molecule has 0 aliphatic carbocycles. The van der Waals surface area contributed by atoms with E-state index in [2.05, 4.69) is 32.3 Å². The summed E-state index contributed by atoms with van der Waals surface area (Å²) in [7, 11) is 0. The second-order valence-corrected chi connectivity index (χ2v) is 10.7. The minimum Gasteiger partial charge on any atom is -0.494 e. The summed E-state index contributed by atoms with van der Waals surface area (Å²) in [6.07, 6.45) is 4.19. The molecule has 7 nitrogen and oxygen atoms in total. The Kier molecular flexibility index (Phi) is 7.66. The Morgan fingerprint density at radius 2 is 1.69 bits per heavy atom. The van der Waals surface area contributed by atoms with Crippen molar-refractivity contribution in [3.8, 4) is 5.88 Å². The fraction of sp³-hybridized carbons (Fsp3) is 0.171. The van der Waals surface area contributed by atoms with Crippen molar-refractivity contribution >= 4 is 40.2 Å². The van der Waals surface area contributed by atoms with E-state index in [1.807, 2.05) is 43.3 Å². The number of likely N-dealkylation sites (tertiary alicyclic amines) is 1. The van der Waals surface area contributed by atoms with Gasteiger partial charge in [-0.2, -0.15) is 0 Å². The topological polar surface area (TPSA) is 97.8 Å². The third-order valence-electron chi connectivity index (χ3n) is 7.74. The molecule has 6 rings (SSSR count). The number of anilines is 1. The highest BCUT2D eigenvalue weighted by Gasteiger charge is 2.16. The quantitative estimate of drug-likeness (QED) is 0.141. The predicted octanol–water partition coefficient (Wildman–Crippen LogP) is 7.01. The van der Waals surface area contributed by atoms with Crippen molar-refractivity contribution in [1.29, 1.82) is 0 Å². The van der Waals surface area contributed by atoms with Gasteiger partial charge in [-0.3, -0.25) is 19.5 Å². The summed E-state index contributed by atoms with van der Waals surface area (Å²) in [6.45, 7) is 5.16. The highest BCUT2D eigenvalue weighted by Crippen LogP contribution is 2.28. The molecular weight excluding hydrogens is 524 g/mol. The second kappa shape index (κ2) is 11.8. The lowest BCUT2D eigenvalue weighted by Crippen LogP contribution is -2.18. The molecule has 210 valence electrons. The van der Waals surface area contributed by atoms with Crippen LogP contribution in [0.1, 0.15) is 55.8 Å². The maximum atomic E-state index is 13.4. The molecule has 3 N–H and O–H groups in total. The van der Waals surface area contributed by atoms with Crippen molar-refractivity contribution in [2.45, 2.75) is 26.3 Å². The summed E-state index contributed by atoms with van der Waals surface area (Å²) >= 11 is 0. The van der Waals surface area contributed by atoms with Gasteiger partial charge in [0.15, 0.2) is 11.7 Å². The zero-order chi connectivity index (χ0) is 29.1. The Morgan fingerprint density at radius 1 is 0.929 bits per heavy atom. The van der Waals surface area contributed by atoms with Crippen molar-refractivity contribution in [3.05, 3.63) is 124 Å². The van der Waals surface area contributed by atoms with Crippen LogP contribution in [0.4, 0.5) is 11.4 Å². The van der Waals surface area contributed by atoms with E-state index >= 15 is 0 Å². The summed E-state index contributed by atoms with van der Waals surface area (Å²) in [6, 6.07) is 27.7. The van der Waals surface area contributed by atoms with Crippen molar-refractivity contribution in [3.63, 3.8) is 0 Å². The lowest BCUT2D eigenvalue weighted by Gasteiger charge is -2.14. The van der Waals surface area contributed by atoms with Gasteiger partial charge in [-0.25, -0.2) is 0 Å². The van der Waals surface area contributed by atoms with Gasteiger partial charge in [0.1, 0.15) is 0 Å². The first-order valence-electron chi connectivity index (χ1n) is 14.2. The molecule has 1 amide bonds. The van der Waals surface area contributed by atoms with E-state index in [1.54, 1.807) is 48.7 Å². The van der Waals surface area contributed by atoms with E-state index in [0.29, 0.717) is 33.5 Å². The van der Waals surface area contributed by atoms with E-state index in [4.69, 9.17) is 0 Å². The van der Waals surface area contributed by atoms with E-state index in [1.165, 1.54) is 18.4 Å². The third-order valence-corrected chi connectivity index (χ3v) is 7.74. The number of aromatic amines is 1. The molecule has 0 saturated carbocycles. The number of ketones is 1. The minimum atomic E-state index is -0.229. The zero-order valence-corrected chi connectivity index (χ0v) is 23.4. The van der Waals surface area contributed by atoms with Crippen LogP contribution >= 0.6 is 0 Å². The van der Waals surface area contributed by atoms with E-state index in [0.717, 1.165) is 36.3 Å². The molecule has 2 heterocycles. The van der Waals surface area contributed by atoms with Crippen LogP contribution in [0.5, 0.6) is 5.88 Å². The first-order valence-corrected chi connectivity index (χ1v) is 14.2. The second-order valence-electron chi connectivity index (χ2n) is 10.7. The molecule has 0 atom stereocenters. The van der Waals surface area contributed by atoms with E-state index in [9.17, 15) is 14.7 Å². The molecule has 7 heteroatoms. The number of rotatable bonds is 8. The predicted molar refractivity (Wildman–Crippen MR) is 167 cm³/mol. The maximum Gasteiger partial charge on any atom is 0.255 e. The van der Waals surface area contributed by atoms with Gasteiger partial charge in [0.05, 0.1) is 11.3 Å². The SMILES string of the molecule is Cc1ccccc1C(=O)Nc1cccc(C(=O)c2ccc3c(C=Nc4ccc(CN5CCCC5)cc4)c(O)[nH]c3c2)c1. The number of aromatic nitrogens is 1. The number of carbonyl (C=O) groups excluding carboxylic acids is 2. The van der Waals surface area contributed by atoms with Crippen LogP contribution in [0, 0.1) is 6.92 Å². The fourth-order valence-corrected chi connectivity index (χ4v) is 5.43. The van der Waals surface area contributed by atoms with Gasteiger partial charge < -0.3 is 15.4 Å². The van der Waals surface area contributed by atoms with Crippen molar-refractivity contribution < 1.29 is 14.7 Å². The number of aromatic hydroxyl groups is 1. The molecule has 42 heavy (non-hydrogen) atoms.